The first-order valence-corrected chi connectivity index (χ1v) is 14.0. The summed E-state index contributed by atoms with van der Waals surface area (Å²) in [5.74, 6) is 0.703. The van der Waals surface area contributed by atoms with Crippen molar-refractivity contribution < 1.29 is 17.6 Å². The summed E-state index contributed by atoms with van der Waals surface area (Å²) in [6, 6.07) is 18.1. The topological polar surface area (TPSA) is 66.5 Å². The Kier molecular flexibility index (Phi) is 9.24. The Morgan fingerprint density at radius 3 is 2.41 bits per heavy atom. The summed E-state index contributed by atoms with van der Waals surface area (Å²) in [7, 11) is -3.64. The number of hydrogen-bond donors (Lipinski definition) is 1. The molecule has 180 valence electrons. The Balaban J connectivity index is 1.56. The molecule has 1 N–H and O–H groups in total. The van der Waals surface area contributed by atoms with Gasteiger partial charge >= 0.3 is 0 Å². The van der Waals surface area contributed by atoms with Gasteiger partial charge in [0.05, 0.1) is 28.5 Å². The van der Waals surface area contributed by atoms with Gasteiger partial charge in [0.2, 0.25) is 10.0 Å². The molecule has 0 unspecified atom stereocenters. The number of hydrogen-bond acceptors (Lipinski definition) is 4. The van der Waals surface area contributed by atoms with E-state index in [2.05, 4.69) is 5.32 Å². The van der Waals surface area contributed by atoms with Crippen LogP contribution >= 0.6 is 35.0 Å². The Morgan fingerprint density at radius 1 is 1.03 bits per heavy atom. The molecule has 5 nitrogen and oxygen atoms in total. The molecule has 0 spiro atoms. The van der Waals surface area contributed by atoms with Crippen molar-refractivity contribution in [3.8, 4) is 0 Å². The van der Waals surface area contributed by atoms with E-state index in [4.69, 9.17) is 23.2 Å². The van der Waals surface area contributed by atoms with Crippen molar-refractivity contribution in [2.24, 2.45) is 0 Å². The van der Waals surface area contributed by atoms with Gasteiger partial charge in [-0.15, -0.1) is 0 Å². The maximum absolute atomic E-state index is 13.6. The first-order valence-electron chi connectivity index (χ1n) is 10.3. The van der Waals surface area contributed by atoms with Crippen LogP contribution in [0.25, 0.3) is 0 Å². The summed E-state index contributed by atoms with van der Waals surface area (Å²) >= 11 is 13.8. The Morgan fingerprint density at radius 2 is 1.74 bits per heavy atom. The van der Waals surface area contributed by atoms with Gasteiger partial charge in [-0.2, -0.15) is 11.8 Å². The first kappa shape index (κ1) is 26.3. The summed E-state index contributed by atoms with van der Waals surface area (Å²) in [5, 5.41) is 3.24. The predicted octanol–water partition coefficient (Wildman–Crippen LogP) is 5.76. The minimum Gasteiger partial charge on any atom is -0.351 e. The molecule has 0 radical (unpaired) electrons. The van der Waals surface area contributed by atoms with Crippen LogP contribution in [0, 0.1) is 5.82 Å². The number of thioether (sulfide) groups is 1. The zero-order chi connectivity index (χ0) is 24.7. The van der Waals surface area contributed by atoms with Gasteiger partial charge in [-0.05, 0) is 41.5 Å². The van der Waals surface area contributed by atoms with Crippen LogP contribution < -0.4 is 9.62 Å². The van der Waals surface area contributed by atoms with E-state index in [9.17, 15) is 17.6 Å². The van der Waals surface area contributed by atoms with E-state index >= 15 is 0 Å². The molecule has 0 aromatic heterocycles. The fourth-order valence-corrected chi connectivity index (χ4v) is 5.32. The second-order valence-corrected chi connectivity index (χ2v) is 11.2. The smallest absolute Gasteiger partial charge is 0.251 e. The molecule has 3 aromatic rings. The maximum Gasteiger partial charge on any atom is 0.251 e. The molecule has 0 bridgehead atoms. The quantitative estimate of drug-likeness (QED) is 0.332. The van der Waals surface area contributed by atoms with Gasteiger partial charge in [0, 0.05) is 23.6 Å². The third kappa shape index (κ3) is 7.12. The summed E-state index contributed by atoms with van der Waals surface area (Å²) < 4.78 is 39.6. The zero-order valence-electron chi connectivity index (χ0n) is 18.3. The van der Waals surface area contributed by atoms with E-state index in [0.29, 0.717) is 34.7 Å². The lowest BCUT2D eigenvalue weighted by molar-refractivity contribution is 0.0956. The second-order valence-electron chi connectivity index (χ2n) is 7.44. The SMILES string of the molecule is CS(=O)(=O)N(Cc1ccc(C(=O)NCCSCc2ccccc2F)cc1)c1cccc(Cl)c1Cl. The van der Waals surface area contributed by atoms with Gasteiger partial charge in [-0.1, -0.05) is 59.6 Å². The summed E-state index contributed by atoms with van der Waals surface area (Å²) in [6.07, 6.45) is 1.09. The number of nitrogens with one attached hydrogen (secondary N) is 1. The van der Waals surface area contributed by atoms with Gasteiger partial charge in [0.25, 0.3) is 5.91 Å². The Labute approximate surface area is 213 Å². The minimum absolute atomic E-state index is 0.0352. The predicted molar refractivity (Wildman–Crippen MR) is 139 cm³/mol. The number of benzene rings is 3. The number of halogens is 3. The lowest BCUT2D eigenvalue weighted by atomic mass is 10.1. The van der Waals surface area contributed by atoms with Crippen molar-refractivity contribution in [1.82, 2.24) is 5.32 Å². The minimum atomic E-state index is -3.64. The molecule has 0 aliphatic heterocycles. The van der Waals surface area contributed by atoms with Crippen LogP contribution in [-0.4, -0.2) is 32.9 Å². The highest BCUT2D eigenvalue weighted by Crippen LogP contribution is 2.34. The number of rotatable bonds is 10. The number of amides is 1. The van der Waals surface area contributed by atoms with Crippen molar-refractivity contribution in [2.45, 2.75) is 12.3 Å². The fraction of sp³-hybridized carbons (Fsp3) is 0.208. The molecule has 0 heterocycles. The van der Waals surface area contributed by atoms with Crippen LogP contribution in [0.5, 0.6) is 0 Å². The molecule has 1 amide bonds. The van der Waals surface area contributed by atoms with Crippen LogP contribution in [0.1, 0.15) is 21.5 Å². The van der Waals surface area contributed by atoms with E-state index in [-0.39, 0.29) is 34.0 Å². The average molecular weight is 541 g/mol. The van der Waals surface area contributed by atoms with E-state index in [1.54, 1.807) is 60.7 Å². The normalized spacial score (nSPS) is 11.3. The molecule has 3 aromatic carbocycles. The molecular weight excluding hydrogens is 518 g/mol. The molecule has 0 aliphatic carbocycles. The second kappa shape index (κ2) is 11.9. The van der Waals surface area contributed by atoms with Crippen molar-refractivity contribution >= 4 is 56.6 Å². The maximum atomic E-state index is 13.6. The van der Waals surface area contributed by atoms with Gasteiger partial charge in [0.15, 0.2) is 0 Å². The van der Waals surface area contributed by atoms with Crippen molar-refractivity contribution in [2.75, 3.05) is 22.9 Å². The molecular formula is C24H23Cl2FN2O3S2. The molecule has 3 rings (SSSR count). The number of sulfonamides is 1. The summed E-state index contributed by atoms with van der Waals surface area (Å²) in [5.41, 5.74) is 2.05. The molecule has 0 fully saturated rings. The third-order valence-electron chi connectivity index (χ3n) is 4.89. The lowest BCUT2D eigenvalue weighted by Crippen LogP contribution is -2.29. The number of anilines is 1. The van der Waals surface area contributed by atoms with Gasteiger partial charge in [-0.25, -0.2) is 12.8 Å². The first-order chi connectivity index (χ1) is 16.2. The van der Waals surface area contributed by atoms with Crippen LogP contribution in [0.4, 0.5) is 10.1 Å². The summed E-state index contributed by atoms with van der Waals surface area (Å²) in [6.45, 7) is 0.475. The number of carbonyl (C=O) groups excluding carboxylic acids is 1. The zero-order valence-corrected chi connectivity index (χ0v) is 21.4. The molecule has 0 atom stereocenters. The van der Waals surface area contributed by atoms with E-state index in [0.717, 1.165) is 6.26 Å². The number of nitrogens with zero attached hydrogens (tertiary/aromatic N) is 1. The highest BCUT2D eigenvalue weighted by Gasteiger charge is 2.21. The van der Waals surface area contributed by atoms with E-state index < -0.39 is 10.0 Å². The monoisotopic (exact) mass is 540 g/mol. The molecule has 0 saturated heterocycles. The highest BCUT2D eigenvalue weighted by molar-refractivity contribution is 7.98. The molecule has 34 heavy (non-hydrogen) atoms. The van der Waals surface area contributed by atoms with E-state index in [1.807, 2.05) is 0 Å². The highest BCUT2D eigenvalue weighted by atomic mass is 35.5. The van der Waals surface area contributed by atoms with Crippen LogP contribution in [-0.2, 0) is 22.3 Å². The van der Waals surface area contributed by atoms with Crippen LogP contribution in [0.2, 0.25) is 10.0 Å². The van der Waals surface area contributed by atoms with Crippen LogP contribution in [0.3, 0.4) is 0 Å². The standard InChI is InChI=1S/C24H23Cl2FN2O3S2/c1-34(31,32)29(22-8-4-6-20(25)23(22)26)15-17-9-11-18(12-10-17)24(30)28-13-14-33-16-19-5-2-3-7-21(19)27/h2-12H,13-16H2,1H3,(H,28,30). The molecule has 10 heteroatoms. The summed E-state index contributed by atoms with van der Waals surface area (Å²) in [4.78, 5) is 12.4. The number of carbonyl (C=O) groups is 1. The Hall–Kier alpha value is -2.26. The van der Waals surface area contributed by atoms with E-state index in [1.165, 1.54) is 22.1 Å². The van der Waals surface area contributed by atoms with Crippen molar-refractivity contribution in [1.29, 1.82) is 0 Å². The third-order valence-corrected chi connectivity index (χ3v) is 7.83. The van der Waals surface area contributed by atoms with Gasteiger partial charge < -0.3 is 5.32 Å². The Bertz CT molecular complexity index is 1260. The molecule has 0 saturated carbocycles. The van der Waals surface area contributed by atoms with Gasteiger partial charge in [-0.3, -0.25) is 9.10 Å². The average Bonchev–Trinajstić information content (AvgIpc) is 2.80. The van der Waals surface area contributed by atoms with Crippen molar-refractivity contribution in [3.05, 3.63) is 99.3 Å². The lowest BCUT2D eigenvalue weighted by Gasteiger charge is -2.24. The molecule has 0 aliphatic rings. The van der Waals surface area contributed by atoms with Crippen LogP contribution in [0.15, 0.2) is 66.7 Å². The largest absolute Gasteiger partial charge is 0.351 e. The van der Waals surface area contributed by atoms with Gasteiger partial charge in [0.1, 0.15) is 5.82 Å². The van der Waals surface area contributed by atoms with Crippen molar-refractivity contribution in [3.63, 3.8) is 0 Å². The fourth-order valence-electron chi connectivity index (χ4n) is 3.13.